The average molecular weight is 305 g/mol. The molecule has 1 N–H and O–H groups in total. The van der Waals surface area contributed by atoms with E-state index in [1.165, 1.54) is 6.07 Å². The quantitative estimate of drug-likeness (QED) is 0.905. The number of carbonyl (C=O) groups is 1. The maximum absolute atomic E-state index is 12.0. The van der Waals surface area contributed by atoms with E-state index >= 15 is 0 Å². The molecule has 0 aliphatic carbocycles. The second kappa shape index (κ2) is 7.03. The van der Waals surface area contributed by atoms with Gasteiger partial charge in [0.25, 0.3) is 5.91 Å². The van der Waals surface area contributed by atoms with E-state index < -0.39 is 0 Å². The second-order valence-electron chi connectivity index (χ2n) is 4.86. The fourth-order valence-electron chi connectivity index (χ4n) is 1.82. The van der Waals surface area contributed by atoms with Crippen molar-refractivity contribution in [3.05, 3.63) is 21.9 Å². The molecule has 1 rings (SSSR count). The van der Waals surface area contributed by atoms with Crippen LogP contribution < -0.4 is 5.32 Å². The first-order valence-electron chi connectivity index (χ1n) is 5.96. The van der Waals surface area contributed by atoms with Crippen LogP contribution in [0, 0.1) is 5.92 Å². The number of hydrogen-bond acceptors (Lipinski definition) is 4. The number of halogens is 2. The van der Waals surface area contributed by atoms with Crippen molar-refractivity contribution in [3.8, 4) is 0 Å². The lowest BCUT2D eigenvalue weighted by Crippen LogP contribution is -2.43. The van der Waals surface area contributed by atoms with Crippen LogP contribution in [-0.2, 0) is 0 Å². The Hall–Kier alpha value is -0.910. The van der Waals surface area contributed by atoms with Crippen molar-refractivity contribution in [2.75, 3.05) is 20.6 Å². The summed E-state index contributed by atoms with van der Waals surface area (Å²) in [6, 6.07) is 1.65. The molecular weight excluding hydrogens is 287 g/mol. The zero-order valence-corrected chi connectivity index (χ0v) is 13.0. The van der Waals surface area contributed by atoms with Gasteiger partial charge in [0.05, 0.1) is 5.56 Å². The maximum Gasteiger partial charge on any atom is 0.254 e. The molecule has 5 nitrogen and oxygen atoms in total. The van der Waals surface area contributed by atoms with E-state index in [0.717, 1.165) is 0 Å². The molecule has 0 aliphatic heterocycles. The second-order valence-corrected chi connectivity index (χ2v) is 5.60. The van der Waals surface area contributed by atoms with E-state index in [0.29, 0.717) is 12.5 Å². The lowest BCUT2D eigenvalue weighted by Gasteiger charge is -2.28. The van der Waals surface area contributed by atoms with Crippen molar-refractivity contribution in [2.24, 2.45) is 5.92 Å². The van der Waals surface area contributed by atoms with E-state index in [1.54, 1.807) is 0 Å². The minimum Gasteiger partial charge on any atom is -0.350 e. The molecule has 106 valence electrons. The van der Waals surface area contributed by atoms with E-state index in [1.807, 2.05) is 14.1 Å². The van der Waals surface area contributed by atoms with Crippen molar-refractivity contribution in [1.29, 1.82) is 0 Å². The Balaban J connectivity index is 2.72. The molecule has 0 bridgehead atoms. The largest absolute Gasteiger partial charge is 0.350 e. The number of amides is 1. The molecule has 0 saturated carbocycles. The highest BCUT2D eigenvalue weighted by Crippen LogP contribution is 2.15. The van der Waals surface area contributed by atoms with Crippen LogP contribution in [-0.4, -0.2) is 47.7 Å². The Morgan fingerprint density at radius 2 is 2.00 bits per heavy atom. The van der Waals surface area contributed by atoms with E-state index in [-0.39, 0.29) is 27.8 Å². The fraction of sp³-hybridized carbons (Fsp3) is 0.583. The predicted octanol–water partition coefficient (Wildman–Crippen LogP) is 2.10. The molecule has 0 radical (unpaired) electrons. The van der Waals surface area contributed by atoms with Crippen LogP contribution in [0.5, 0.6) is 0 Å². The molecule has 7 heteroatoms. The van der Waals surface area contributed by atoms with Crippen LogP contribution in [0.1, 0.15) is 24.2 Å². The monoisotopic (exact) mass is 304 g/mol. The summed E-state index contributed by atoms with van der Waals surface area (Å²) in [5, 5.41) is 10.2. The van der Waals surface area contributed by atoms with E-state index in [2.05, 4.69) is 34.3 Å². The average Bonchev–Trinajstić information content (AvgIpc) is 2.31. The van der Waals surface area contributed by atoms with Gasteiger partial charge in [0, 0.05) is 12.6 Å². The summed E-state index contributed by atoms with van der Waals surface area (Å²) in [7, 11) is 3.96. The van der Waals surface area contributed by atoms with Crippen molar-refractivity contribution < 1.29 is 4.79 Å². The van der Waals surface area contributed by atoms with E-state index in [4.69, 9.17) is 23.2 Å². The highest BCUT2D eigenvalue weighted by atomic mass is 35.5. The molecule has 1 aromatic heterocycles. The zero-order chi connectivity index (χ0) is 14.6. The number of nitrogens with zero attached hydrogens (tertiary/aromatic N) is 3. The SMILES string of the molecule is CC(C)C(CNC(=O)c1cc(Cl)nnc1Cl)N(C)C. The third-order valence-corrected chi connectivity index (χ3v) is 3.33. The van der Waals surface area contributed by atoms with Gasteiger partial charge >= 0.3 is 0 Å². The first-order valence-corrected chi connectivity index (χ1v) is 6.72. The van der Waals surface area contributed by atoms with Gasteiger partial charge in [-0.25, -0.2) is 0 Å². The molecule has 0 aliphatic rings. The minimum absolute atomic E-state index is 0.0489. The van der Waals surface area contributed by atoms with Crippen LogP contribution in [0.25, 0.3) is 0 Å². The Bertz CT molecular complexity index is 443. The van der Waals surface area contributed by atoms with Crippen molar-refractivity contribution in [2.45, 2.75) is 19.9 Å². The standard InChI is InChI=1S/C12H18Cl2N4O/c1-7(2)9(18(3)4)6-15-12(19)8-5-10(13)16-17-11(8)14/h5,7,9H,6H2,1-4H3,(H,15,19). The predicted molar refractivity (Wildman–Crippen MR) is 76.7 cm³/mol. The van der Waals surface area contributed by atoms with Crippen molar-refractivity contribution >= 4 is 29.1 Å². The molecule has 0 spiro atoms. The lowest BCUT2D eigenvalue weighted by atomic mass is 10.0. The maximum atomic E-state index is 12.0. The number of hydrogen-bond donors (Lipinski definition) is 1. The normalized spacial score (nSPS) is 12.8. The van der Waals surface area contributed by atoms with Gasteiger partial charge in [-0.05, 0) is 26.1 Å². The smallest absolute Gasteiger partial charge is 0.254 e. The Labute approximate surface area is 123 Å². The lowest BCUT2D eigenvalue weighted by molar-refractivity contribution is 0.0934. The van der Waals surface area contributed by atoms with Gasteiger partial charge in [-0.3, -0.25) is 4.79 Å². The molecule has 1 amide bonds. The summed E-state index contributed by atoms with van der Waals surface area (Å²) >= 11 is 11.5. The van der Waals surface area contributed by atoms with Crippen LogP contribution in [0.3, 0.4) is 0 Å². The Morgan fingerprint density at radius 3 is 2.53 bits per heavy atom. The number of rotatable bonds is 5. The van der Waals surface area contributed by atoms with E-state index in [9.17, 15) is 4.79 Å². The van der Waals surface area contributed by atoms with Crippen molar-refractivity contribution in [3.63, 3.8) is 0 Å². The van der Waals surface area contributed by atoms with Gasteiger partial charge in [0.2, 0.25) is 0 Å². The first kappa shape index (κ1) is 16.1. The first-order chi connectivity index (χ1) is 8.82. The highest BCUT2D eigenvalue weighted by molar-refractivity contribution is 6.34. The molecule has 19 heavy (non-hydrogen) atoms. The van der Waals surface area contributed by atoms with Gasteiger partial charge in [-0.1, -0.05) is 37.0 Å². The van der Waals surface area contributed by atoms with Gasteiger partial charge in [-0.2, -0.15) is 0 Å². The number of aromatic nitrogens is 2. The molecular formula is C12H18Cl2N4O. The molecule has 0 saturated heterocycles. The van der Waals surface area contributed by atoms with Crippen molar-refractivity contribution in [1.82, 2.24) is 20.4 Å². The Morgan fingerprint density at radius 1 is 1.37 bits per heavy atom. The van der Waals surface area contributed by atoms with Gasteiger partial charge in [0.1, 0.15) is 0 Å². The molecule has 0 aromatic carbocycles. The summed E-state index contributed by atoms with van der Waals surface area (Å²) in [4.78, 5) is 14.1. The summed E-state index contributed by atoms with van der Waals surface area (Å²) in [5.41, 5.74) is 0.239. The molecule has 1 aromatic rings. The number of likely N-dealkylation sites (N-methyl/N-ethyl adjacent to an activating group) is 1. The number of carbonyl (C=O) groups excluding carboxylic acids is 1. The number of nitrogens with one attached hydrogen (secondary N) is 1. The summed E-state index contributed by atoms with van der Waals surface area (Å²) in [5.74, 6) is 0.124. The zero-order valence-electron chi connectivity index (χ0n) is 11.4. The van der Waals surface area contributed by atoms with Crippen LogP contribution in [0.4, 0.5) is 0 Å². The topological polar surface area (TPSA) is 58.1 Å². The highest BCUT2D eigenvalue weighted by Gasteiger charge is 2.19. The van der Waals surface area contributed by atoms with Crippen LogP contribution in [0.15, 0.2) is 6.07 Å². The minimum atomic E-state index is -0.297. The Kier molecular flexibility index (Phi) is 5.97. The van der Waals surface area contributed by atoms with Crippen LogP contribution in [0.2, 0.25) is 10.3 Å². The summed E-state index contributed by atoms with van der Waals surface area (Å²) in [6.45, 7) is 4.74. The molecule has 1 unspecified atom stereocenters. The fourth-order valence-corrected chi connectivity index (χ4v) is 2.14. The third kappa shape index (κ3) is 4.60. The summed E-state index contributed by atoms with van der Waals surface area (Å²) < 4.78 is 0. The van der Waals surface area contributed by atoms with Crippen LogP contribution >= 0.6 is 23.2 Å². The molecule has 0 fully saturated rings. The summed E-state index contributed by atoms with van der Waals surface area (Å²) in [6.07, 6.45) is 0. The molecule has 1 heterocycles. The van der Waals surface area contributed by atoms with Gasteiger partial charge in [0.15, 0.2) is 10.3 Å². The molecule has 1 atom stereocenters. The van der Waals surface area contributed by atoms with Gasteiger partial charge in [-0.15, -0.1) is 10.2 Å². The third-order valence-electron chi connectivity index (χ3n) is 2.87. The van der Waals surface area contributed by atoms with Gasteiger partial charge < -0.3 is 10.2 Å².